The number of hydrogen-bond acceptors (Lipinski definition) is 4. The van der Waals surface area contributed by atoms with Gasteiger partial charge in [-0.05, 0) is 81.4 Å². The molecule has 1 aliphatic heterocycles. The van der Waals surface area contributed by atoms with Crippen LogP contribution in [-0.4, -0.2) is 64.9 Å². The highest BCUT2D eigenvalue weighted by Crippen LogP contribution is 2.44. The average Bonchev–Trinajstić information content (AvgIpc) is 3.28. The molecule has 0 radical (unpaired) electrons. The molecule has 1 amide bonds. The Morgan fingerprint density at radius 2 is 1.78 bits per heavy atom. The molecule has 0 unspecified atom stereocenters. The SMILES string of the molecule is CN(C)C1(c2ccc(F)cc2)CCC(Cc2cc(O[C@H]3C[C@@H](C(=O)O)N(C(=O)O)C3)cc(F)c2Cl)CC1. The number of amides is 1. The van der Waals surface area contributed by atoms with Crippen molar-refractivity contribution in [2.75, 3.05) is 20.6 Å². The van der Waals surface area contributed by atoms with E-state index in [4.69, 9.17) is 16.3 Å². The van der Waals surface area contributed by atoms with E-state index >= 15 is 0 Å². The fraction of sp³-hybridized carbons (Fsp3) is 0.481. The molecule has 0 spiro atoms. The fourth-order valence-corrected chi connectivity index (χ4v) is 5.97. The Morgan fingerprint density at radius 1 is 1.14 bits per heavy atom. The molecule has 37 heavy (non-hydrogen) atoms. The Kier molecular flexibility index (Phi) is 7.94. The normalized spacial score (nSPS) is 25.9. The predicted molar refractivity (Wildman–Crippen MR) is 134 cm³/mol. The molecule has 2 N–H and O–H groups in total. The lowest BCUT2D eigenvalue weighted by Crippen LogP contribution is -2.44. The van der Waals surface area contributed by atoms with Crippen molar-refractivity contribution in [3.63, 3.8) is 0 Å². The number of carboxylic acids is 1. The smallest absolute Gasteiger partial charge is 0.408 e. The number of hydrogen-bond donors (Lipinski definition) is 2. The van der Waals surface area contributed by atoms with Gasteiger partial charge >= 0.3 is 12.1 Å². The van der Waals surface area contributed by atoms with Crippen LogP contribution in [0.3, 0.4) is 0 Å². The summed E-state index contributed by atoms with van der Waals surface area (Å²) in [6.45, 7) is -0.121. The number of likely N-dealkylation sites (tertiary alicyclic amines) is 1. The average molecular weight is 537 g/mol. The van der Waals surface area contributed by atoms with Crippen LogP contribution in [0, 0.1) is 17.6 Å². The first kappa shape index (κ1) is 27.1. The van der Waals surface area contributed by atoms with Crippen LogP contribution in [0.4, 0.5) is 13.6 Å². The zero-order valence-corrected chi connectivity index (χ0v) is 21.5. The summed E-state index contributed by atoms with van der Waals surface area (Å²) in [4.78, 5) is 25.8. The van der Waals surface area contributed by atoms with E-state index in [0.717, 1.165) is 42.2 Å². The van der Waals surface area contributed by atoms with Gasteiger partial charge < -0.3 is 14.9 Å². The van der Waals surface area contributed by atoms with E-state index in [0.29, 0.717) is 12.0 Å². The number of benzene rings is 2. The van der Waals surface area contributed by atoms with Crippen molar-refractivity contribution in [1.29, 1.82) is 0 Å². The molecular formula is C27H31ClF2N2O5. The maximum Gasteiger partial charge on any atom is 0.408 e. The third kappa shape index (κ3) is 5.67. The molecule has 1 heterocycles. The molecule has 2 aromatic rings. The van der Waals surface area contributed by atoms with Crippen molar-refractivity contribution in [3.8, 4) is 5.75 Å². The van der Waals surface area contributed by atoms with E-state index in [9.17, 15) is 28.6 Å². The van der Waals surface area contributed by atoms with Crippen LogP contribution in [0.25, 0.3) is 0 Å². The molecule has 1 aliphatic carbocycles. The number of nitrogens with zero attached hydrogens (tertiary/aromatic N) is 2. The van der Waals surface area contributed by atoms with Crippen molar-refractivity contribution < 1.29 is 33.3 Å². The van der Waals surface area contributed by atoms with Crippen LogP contribution in [0.15, 0.2) is 36.4 Å². The van der Waals surface area contributed by atoms with Gasteiger partial charge in [-0.25, -0.2) is 18.4 Å². The Morgan fingerprint density at radius 3 is 2.32 bits per heavy atom. The van der Waals surface area contributed by atoms with E-state index in [1.807, 2.05) is 26.2 Å². The van der Waals surface area contributed by atoms with Crippen molar-refractivity contribution in [1.82, 2.24) is 9.80 Å². The molecule has 10 heteroatoms. The lowest BCUT2D eigenvalue weighted by atomic mass is 9.70. The van der Waals surface area contributed by atoms with Crippen LogP contribution in [-0.2, 0) is 16.8 Å². The molecule has 2 aromatic carbocycles. The first-order valence-electron chi connectivity index (χ1n) is 12.3. The van der Waals surface area contributed by atoms with Crippen LogP contribution >= 0.6 is 11.6 Å². The van der Waals surface area contributed by atoms with Crippen molar-refractivity contribution in [2.45, 2.75) is 56.2 Å². The van der Waals surface area contributed by atoms with Gasteiger partial charge in [-0.2, -0.15) is 0 Å². The molecule has 1 saturated heterocycles. The topological polar surface area (TPSA) is 90.3 Å². The highest BCUT2D eigenvalue weighted by Gasteiger charge is 2.41. The van der Waals surface area contributed by atoms with Crippen LogP contribution < -0.4 is 4.74 Å². The van der Waals surface area contributed by atoms with Gasteiger partial charge in [0.1, 0.15) is 29.5 Å². The minimum absolute atomic E-state index is 0.0253. The van der Waals surface area contributed by atoms with Gasteiger partial charge in [0.05, 0.1) is 11.6 Å². The number of ether oxygens (including phenoxy) is 1. The molecular weight excluding hydrogens is 506 g/mol. The van der Waals surface area contributed by atoms with E-state index in [1.54, 1.807) is 6.07 Å². The number of carbonyl (C=O) groups is 2. The molecule has 1 saturated carbocycles. The summed E-state index contributed by atoms with van der Waals surface area (Å²) in [6, 6.07) is 8.26. The summed E-state index contributed by atoms with van der Waals surface area (Å²) in [7, 11) is 4.06. The van der Waals surface area contributed by atoms with Crippen LogP contribution in [0.2, 0.25) is 5.02 Å². The van der Waals surface area contributed by atoms with Gasteiger partial charge in [-0.3, -0.25) is 9.80 Å². The fourth-order valence-electron chi connectivity index (χ4n) is 5.78. The van der Waals surface area contributed by atoms with Crippen molar-refractivity contribution >= 4 is 23.7 Å². The van der Waals surface area contributed by atoms with Gasteiger partial charge in [0.25, 0.3) is 0 Å². The van der Waals surface area contributed by atoms with E-state index in [2.05, 4.69) is 4.90 Å². The number of aliphatic carboxylic acids is 1. The number of carboxylic acid groups (broad SMARTS) is 2. The molecule has 2 atom stereocenters. The molecule has 200 valence electrons. The molecule has 2 fully saturated rings. The summed E-state index contributed by atoms with van der Waals surface area (Å²) >= 11 is 6.31. The monoisotopic (exact) mass is 536 g/mol. The third-order valence-corrected chi connectivity index (χ3v) is 8.28. The van der Waals surface area contributed by atoms with Gasteiger partial charge in [0, 0.05) is 18.0 Å². The van der Waals surface area contributed by atoms with Gasteiger partial charge in [0.15, 0.2) is 0 Å². The molecule has 4 rings (SSSR count). The molecule has 0 bridgehead atoms. The Hall–Kier alpha value is -2.91. The zero-order valence-electron chi connectivity index (χ0n) is 20.8. The second-order valence-corrected chi connectivity index (χ2v) is 10.6. The van der Waals surface area contributed by atoms with Crippen LogP contribution in [0.5, 0.6) is 5.75 Å². The van der Waals surface area contributed by atoms with E-state index in [1.165, 1.54) is 12.1 Å². The maximum atomic E-state index is 14.7. The predicted octanol–water partition coefficient (Wildman–Crippen LogP) is 5.39. The first-order valence-corrected chi connectivity index (χ1v) is 12.7. The minimum atomic E-state index is -1.34. The van der Waals surface area contributed by atoms with Gasteiger partial charge in [-0.1, -0.05) is 23.7 Å². The highest BCUT2D eigenvalue weighted by molar-refractivity contribution is 6.31. The standard InChI is InChI=1S/C27H31ClF2N2O5/c1-31(2)27(18-3-5-19(29)6-4-18)9-7-16(8-10-27)11-17-12-20(13-22(30)24(17)28)37-21-14-23(25(33)34)32(15-21)26(35)36/h3-6,12-13,16,21,23H,7-11,14-15H2,1-2H3,(H,33,34)(H,35,36)/t16?,21-,23-,27?/m0/s1. The third-order valence-electron chi connectivity index (χ3n) is 7.85. The zero-order chi connectivity index (χ0) is 26.9. The summed E-state index contributed by atoms with van der Waals surface area (Å²) in [6.07, 6.45) is 1.92. The number of rotatable bonds is 7. The largest absolute Gasteiger partial charge is 0.488 e. The molecule has 2 aliphatic rings. The summed E-state index contributed by atoms with van der Waals surface area (Å²) < 4.78 is 34.0. The number of halogens is 3. The Labute approximate surface area is 219 Å². The van der Waals surface area contributed by atoms with Gasteiger partial charge in [0.2, 0.25) is 0 Å². The lowest BCUT2D eigenvalue weighted by Gasteiger charge is -2.45. The lowest BCUT2D eigenvalue weighted by molar-refractivity contribution is -0.141. The van der Waals surface area contributed by atoms with E-state index in [-0.39, 0.29) is 41.0 Å². The molecule has 0 aromatic heterocycles. The maximum absolute atomic E-state index is 14.7. The Balaban J connectivity index is 1.46. The Bertz CT molecular complexity index is 1130. The second kappa shape index (κ2) is 10.8. The second-order valence-electron chi connectivity index (χ2n) is 10.2. The summed E-state index contributed by atoms with van der Waals surface area (Å²) in [5.41, 5.74) is 1.47. The van der Waals surface area contributed by atoms with E-state index < -0.39 is 30.0 Å². The van der Waals surface area contributed by atoms with Crippen molar-refractivity contribution in [3.05, 3.63) is 64.2 Å². The summed E-state index contributed by atoms with van der Waals surface area (Å²) in [5.74, 6) is -1.70. The van der Waals surface area contributed by atoms with Crippen LogP contribution in [0.1, 0.15) is 43.2 Å². The van der Waals surface area contributed by atoms with Gasteiger partial charge in [-0.15, -0.1) is 0 Å². The van der Waals surface area contributed by atoms with Crippen molar-refractivity contribution in [2.24, 2.45) is 5.92 Å². The summed E-state index contributed by atoms with van der Waals surface area (Å²) in [5, 5.41) is 18.6. The quantitative estimate of drug-likeness (QED) is 0.493. The minimum Gasteiger partial charge on any atom is -0.488 e. The highest BCUT2D eigenvalue weighted by atomic mass is 35.5. The molecule has 7 nitrogen and oxygen atoms in total. The first-order chi connectivity index (χ1) is 17.5.